The second-order valence-electron chi connectivity index (χ2n) is 4.24. The number of aliphatic hydroxyl groups excluding tert-OH is 1. The Balaban J connectivity index is 1.92. The third-order valence-electron chi connectivity index (χ3n) is 2.78. The number of H-pyrrole nitrogens is 1. The fourth-order valence-electron chi connectivity index (χ4n) is 1.99. The number of aromatic amines is 1. The molecule has 1 aromatic rings. The predicted octanol–water partition coefficient (Wildman–Crippen LogP) is 0.146. The van der Waals surface area contributed by atoms with Crippen molar-refractivity contribution >= 4 is 5.91 Å². The zero-order valence-electron chi connectivity index (χ0n) is 9.23. The molecule has 2 unspecified atom stereocenters. The number of nitrogens with one attached hydrogen (secondary N) is 2. The number of nitrogens with zero attached hydrogens (tertiary/aromatic N) is 2. The van der Waals surface area contributed by atoms with Crippen molar-refractivity contribution in [2.45, 2.75) is 44.8 Å². The lowest BCUT2D eigenvalue weighted by Gasteiger charge is -2.26. The van der Waals surface area contributed by atoms with Crippen LogP contribution in [0, 0.1) is 6.92 Å². The normalized spacial score (nSPS) is 25.4. The predicted molar refractivity (Wildman–Crippen MR) is 56.8 cm³/mol. The van der Waals surface area contributed by atoms with E-state index >= 15 is 0 Å². The van der Waals surface area contributed by atoms with E-state index in [4.69, 9.17) is 0 Å². The van der Waals surface area contributed by atoms with E-state index < -0.39 is 0 Å². The minimum atomic E-state index is -0.298. The number of hydrogen-bond donors (Lipinski definition) is 3. The Morgan fingerprint density at radius 3 is 3.00 bits per heavy atom. The van der Waals surface area contributed by atoms with Crippen LogP contribution in [0.4, 0.5) is 0 Å². The fraction of sp³-hybridized carbons (Fsp3) is 0.700. The highest BCUT2D eigenvalue weighted by molar-refractivity contribution is 5.90. The van der Waals surface area contributed by atoms with Crippen LogP contribution >= 0.6 is 0 Å². The number of aromatic nitrogens is 3. The Kier molecular flexibility index (Phi) is 3.19. The third kappa shape index (κ3) is 2.57. The second kappa shape index (κ2) is 4.61. The van der Waals surface area contributed by atoms with Gasteiger partial charge in [0.25, 0.3) is 5.91 Å². The van der Waals surface area contributed by atoms with Gasteiger partial charge in [0.2, 0.25) is 5.82 Å². The molecular weight excluding hydrogens is 208 g/mol. The number of hydrogen-bond acceptors (Lipinski definition) is 4. The second-order valence-corrected chi connectivity index (χ2v) is 4.24. The molecule has 3 N–H and O–H groups in total. The molecule has 1 amide bonds. The van der Waals surface area contributed by atoms with Gasteiger partial charge in [-0.2, -0.15) is 0 Å². The first-order valence-corrected chi connectivity index (χ1v) is 5.53. The van der Waals surface area contributed by atoms with E-state index in [1.807, 2.05) is 0 Å². The quantitative estimate of drug-likeness (QED) is 0.666. The molecule has 0 aromatic carbocycles. The lowest BCUT2D eigenvalue weighted by Crippen LogP contribution is -2.40. The van der Waals surface area contributed by atoms with E-state index in [1.54, 1.807) is 6.92 Å². The van der Waals surface area contributed by atoms with Crippen LogP contribution < -0.4 is 5.32 Å². The van der Waals surface area contributed by atoms with Gasteiger partial charge in [-0.1, -0.05) is 0 Å². The molecule has 2 rings (SSSR count). The number of carbonyl (C=O) groups excluding carboxylic acids is 1. The number of aryl methyl sites for hydroxylation is 1. The van der Waals surface area contributed by atoms with E-state index in [1.165, 1.54) is 0 Å². The maximum absolute atomic E-state index is 11.7. The largest absolute Gasteiger partial charge is 0.393 e. The van der Waals surface area contributed by atoms with E-state index in [9.17, 15) is 9.90 Å². The standard InChI is InChI=1S/C10H16N4O2/c1-6-11-9(14-13-6)10(16)12-7-3-2-4-8(15)5-7/h7-8,15H,2-5H2,1H3,(H,12,16)(H,11,13,14). The van der Waals surface area contributed by atoms with Crippen molar-refractivity contribution in [1.29, 1.82) is 0 Å². The van der Waals surface area contributed by atoms with Gasteiger partial charge >= 0.3 is 0 Å². The lowest BCUT2D eigenvalue weighted by molar-refractivity contribution is 0.0841. The molecule has 6 heteroatoms. The van der Waals surface area contributed by atoms with Gasteiger partial charge in [0.15, 0.2) is 0 Å². The van der Waals surface area contributed by atoms with Crippen molar-refractivity contribution in [3.8, 4) is 0 Å². The van der Waals surface area contributed by atoms with Crippen molar-refractivity contribution < 1.29 is 9.90 Å². The molecule has 0 bridgehead atoms. The summed E-state index contributed by atoms with van der Waals surface area (Å²) in [6.07, 6.45) is 3.00. The Morgan fingerprint density at radius 1 is 1.56 bits per heavy atom. The molecule has 1 aliphatic carbocycles. The summed E-state index contributed by atoms with van der Waals surface area (Å²) in [6.45, 7) is 1.74. The lowest BCUT2D eigenvalue weighted by atomic mass is 9.93. The summed E-state index contributed by atoms with van der Waals surface area (Å²) in [6, 6.07) is 0.0371. The summed E-state index contributed by atoms with van der Waals surface area (Å²) in [4.78, 5) is 15.6. The summed E-state index contributed by atoms with van der Waals surface area (Å²) < 4.78 is 0. The molecule has 6 nitrogen and oxygen atoms in total. The summed E-state index contributed by atoms with van der Waals surface area (Å²) in [5, 5.41) is 18.7. The fourth-order valence-corrected chi connectivity index (χ4v) is 1.99. The van der Waals surface area contributed by atoms with Gasteiger partial charge in [0.1, 0.15) is 5.82 Å². The van der Waals surface area contributed by atoms with Crippen LogP contribution in [0.1, 0.15) is 42.1 Å². The molecule has 16 heavy (non-hydrogen) atoms. The van der Waals surface area contributed by atoms with Crippen molar-refractivity contribution in [1.82, 2.24) is 20.5 Å². The molecule has 1 heterocycles. The third-order valence-corrected chi connectivity index (χ3v) is 2.78. The van der Waals surface area contributed by atoms with Crippen LogP contribution in [0.15, 0.2) is 0 Å². The van der Waals surface area contributed by atoms with E-state index in [0.717, 1.165) is 19.3 Å². The Morgan fingerprint density at radius 2 is 2.38 bits per heavy atom. The van der Waals surface area contributed by atoms with Gasteiger partial charge in [-0.15, -0.1) is 5.10 Å². The van der Waals surface area contributed by atoms with E-state index in [0.29, 0.717) is 12.2 Å². The highest BCUT2D eigenvalue weighted by Gasteiger charge is 2.23. The van der Waals surface area contributed by atoms with E-state index in [2.05, 4.69) is 20.5 Å². The summed E-state index contributed by atoms with van der Waals surface area (Å²) in [7, 11) is 0. The van der Waals surface area contributed by atoms with Crippen LogP contribution in [-0.2, 0) is 0 Å². The van der Waals surface area contributed by atoms with Crippen LogP contribution in [0.2, 0.25) is 0 Å². The van der Waals surface area contributed by atoms with Gasteiger partial charge in [0.05, 0.1) is 6.10 Å². The van der Waals surface area contributed by atoms with Gasteiger partial charge in [-0.25, -0.2) is 4.98 Å². The number of rotatable bonds is 2. The number of amides is 1. The van der Waals surface area contributed by atoms with Crippen molar-refractivity contribution in [2.24, 2.45) is 0 Å². The molecule has 0 radical (unpaired) electrons. The summed E-state index contributed by atoms with van der Waals surface area (Å²) in [5.74, 6) is 0.509. The first-order valence-electron chi connectivity index (χ1n) is 5.53. The molecule has 0 spiro atoms. The average Bonchev–Trinajstić information content (AvgIpc) is 2.65. The molecule has 2 atom stereocenters. The number of aliphatic hydroxyl groups is 1. The average molecular weight is 224 g/mol. The van der Waals surface area contributed by atoms with Crippen LogP contribution in [0.3, 0.4) is 0 Å². The maximum atomic E-state index is 11.7. The monoisotopic (exact) mass is 224 g/mol. The van der Waals surface area contributed by atoms with Crippen molar-refractivity contribution in [2.75, 3.05) is 0 Å². The maximum Gasteiger partial charge on any atom is 0.291 e. The minimum Gasteiger partial charge on any atom is -0.393 e. The first-order chi connectivity index (χ1) is 7.65. The summed E-state index contributed by atoms with van der Waals surface area (Å²) in [5.41, 5.74) is 0. The van der Waals surface area contributed by atoms with Crippen LogP contribution in [0.5, 0.6) is 0 Å². The Hall–Kier alpha value is -1.43. The molecule has 1 saturated carbocycles. The van der Waals surface area contributed by atoms with E-state index in [-0.39, 0.29) is 23.9 Å². The highest BCUT2D eigenvalue weighted by Crippen LogP contribution is 2.18. The highest BCUT2D eigenvalue weighted by atomic mass is 16.3. The zero-order valence-corrected chi connectivity index (χ0v) is 9.23. The van der Waals surface area contributed by atoms with Gasteiger partial charge in [0, 0.05) is 6.04 Å². The van der Waals surface area contributed by atoms with Gasteiger partial charge in [-0.05, 0) is 32.6 Å². The summed E-state index contributed by atoms with van der Waals surface area (Å²) >= 11 is 0. The van der Waals surface area contributed by atoms with Crippen molar-refractivity contribution in [3.05, 3.63) is 11.6 Å². The topological polar surface area (TPSA) is 90.9 Å². The van der Waals surface area contributed by atoms with Crippen LogP contribution in [0.25, 0.3) is 0 Å². The molecule has 0 saturated heterocycles. The Bertz CT molecular complexity index is 377. The molecular formula is C10H16N4O2. The van der Waals surface area contributed by atoms with Crippen LogP contribution in [-0.4, -0.2) is 38.3 Å². The molecule has 0 aliphatic heterocycles. The minimum absolute atomic E-state index is 0.0371. The SMILES string of the molecule is Cc1nc(C(=O)NC2CCCC(O)C2)n[nH]1. The molecule has 1 aliphatic rings. The molecule has 1 aromatic heterocycles. The Labute approximate surface area is 93.5 Å². The number of carbonyl (C=O) groups is 1. The first kappa shape index (κ1) is 11.1. The van der Waals surface area contributed by atoms with Crippen molar-refractivity contribution in [3.63, 3.8) is 0 Å². The molecule has 88 valence electrons. The smallest absolute Gasteiger partial charge is 0.291 e. The van der Waals surface area contributed by atoms with Gasteiger partial charge in [-0.3, -0.25) is 9.89 Å². The zero-order chi connectivity index (χ0) is 11.5. The van der Waals surface area contributed by atoms with Gasteiger partial charge < -0.3 is 10.4 Å². The molecule has 1 fully saturated rings.